The summed E-state index contributed by atoms with van der Waals surface area (Å²) in [6.45, 7) is 7.45. The van der Waals surface area contributed by atoms with E-state index in [2.05, 4.69) is 6.92 Å². The lowest BCUT2D eigenvalue weighted by molar-refractivity contribution is 0.0647. The highest BCUT2D eigenvalue weighted by Crippen LogP contribution is 2.35. The van der Waals surface area contributed by atoms with E-state index in [1.54, 1.807) is 4.31 Å². The van der Waals surface area contributed by atoms with Gasteiger partial charge in [-0.25, -0.2) is 12.7 Å². The standard InChI is InChI=1S/C13H27NO3S/c1-4-13(11-15)6-8-14(9-7-13)18(16,17)10-5-12(2)3/h12,15H,4-11H2,1-3H3. The number of hydrogen-bond acceptors (Lipinski definition) is 3. The lowest BCUT2D eigenvalue weighted by Crippen LogP contribution is -2.45. The molecule has 1 saturated heterocycles. The predicted molar refractivity (Wildman–Crippen MR) is 73.9 cm³/mol. The average Bonchev–Trinajstić information content (AvgIpc) is 2.36. The number of hydrogen-bond donors (Lipinski definition) is 1. The number of sulfonamides is 1. The summed E-state index contributed by atoms with van der Waals surface area (Å²) in [5, 5.41) is 9.44. The van der Waals surface area contributed by atoms with Crippen LogP contribution in [0.15, 0.2) is 0 Å². The van der Waals surface area contributed by atoms with Gasteiger partial charge in [0.15, 0.2) is 0 Å². The van der Waals surface area contributed by atoms with E-state index in [4.69, 9.17) is 0 Å². The molecule has 1 N–H and O–H groups in total. The van der Waals surface area contributed by atoms with Crippen molar-refractivity contribution in [1.29, 1.82) is 0 Å². The third-order valence-corrected chi connectivity index (χ3v) is 6.12. The number of aliphatic hydroxyl groups excluding tert-OH is 1. The molecular formula is C13H27NO3S. The van der Waals surface area contributed by atoms with Crippen molar-refractivity contribution in [3.63, 3.8) is 0 Å². The van der Waals surface area contributed by atoms with Crippen LogP contribution in [0.25, 0.3) is 0 Å². The average molecular weight is 277 g/mol. The van der Waals surface area contributed by atoms with E-state index in [0.29, 0.717) is 19.0 Å². The second kappa shape index (κ2) is 6.35. The Morgan fingerprint density at radius 3 is 2.22 bits per heavy atom. The van der Waals surface area contributed by atoms with E-state index in [1.165, 1.54) is 0 Å². The smallest absolute Gasteiger partial charge is 0.214 e. The van der Waals surface area contributed by atoms with Crippen LogP contribution in [-0.4, -0.2) is 43.3 Å². The summed E-state index contributed by atoms with van der Waals surface area (Å²) < 4.78 is 25.9. The van der Waals surface area contributed by atoms with Crippen molar-refractivity contribution in [1.82, 2.24) is 4.31 Å². The molecule has 0 aromatic heterocycles. The topological polar surface area (TPSA) is 57.6 Å². The molecule has 1 rings (SSSR count). The first kappa shape index (κ1) is 15.9. The molecule has 0 aromatic carbocycles. The van der Waals surface area contributed by atoms with Gasteiger partial charge in [-0.1, -0.05) is 20.8 Å². The third kappa shape index (κ3) is 3.93. The summed E-state index contributed by atoms with van der Waals surface area (Å²) in [6, 6.07) is 0. The molecule has 0 saturated carbocycles. The molecule has 18 heavy (non-hydrogen) atoms. The SMILES string of the molecule is CCC1(CO)CCN(S(=O)(=O)CCC(C)C)CC1. The molecular weight excluding hydrogens is 250 g/mol. The second-order valence-electron chi connectivity index (χ2n) is 5.91. The highest BCUT2D eigenvalue weighted by molar-refractivity contribution is 7.89. The lowest BCUT2D eigenvalue weighted by atomic mass is 9.77. The van der Waals surface area contributed by atoms with Crippen LogP contribution in [0, 0.1) is 11.3 Å². The maximum Gasteiger partial charge on any atom is 0.214 e. The largest absolute Gasteiger partial charge is 0.396 e. The summed E-state index contributed by atoms with van der Waals surface area (Å²) >= 11 is 0. The maximum absolute atomic E-state index is 12.1. The van der Waals surface area contributed by atoms with Gasteiger partial charge in [-0.05, 0) is 37.0 Å². The fourth-order valence-electron chi connectivity index (χ4n) is 2.38. The maximum atomic E-state index is 12.1. The molecule has 1 aliphatic rings. The molecule has 0 unspecified atom stereocenters. The predicted octanol–water partition coefficient (Wildman–Crippen LogP) is 1.85. The van der Waals surface area contributed by atoms with Crippen LogP contribution < -0.4 is 0 Å². The van der Waals surface area contributed by atoms with Gasteiger partial charge in [-0.15, -0.1) is 0 Å². The van der Waals surface area contributed by atoms with Crippen LogP contribution in [0.5, 0.6) is 0 Å². The summed E-state index contributed by atoms with van der Waals surface area (Å²) in [7, 11) is -3.09. The summed E-state index contributed by atoms with van der Waals surface area (Å²) in [6.07, 6.45) is 3.20. The summed E-state index contributed by atoms with van der Waals surface area (Å²) in [5.74, 6) is 0.667. The molecule has 0 atom stereocenters. The molecule has 0 spiro atoms. The first-order valence-corrected chi connectivity index (χ1v) is 8.55. The van der Waals surface area contributed by atoms with Gasteiger partial charge in [0.25, 0.3) is 0 Å². The Morgan fingerprint density at radius 2 is 1.83 bits per heavy atom. The Labute approximate surface area is 111 Å². The van der Waals surface area contributed by atoms with Crippen molar-refractivity contribution in [3.05, 3.63) is 0 Å². The van der Waals surface area contributed by atoms with E-state index in [1.807, 2.05) is 13.8 Å². The van der Waals surface area contributed by atoms with Crippen LogP contribution in [0.2, 0.25) is 0 Å². The molecule has 5 heteroatoms. The van der Waals surface area contributed by atoms with Crippen LogP contribution >= 0.6 is 0 Å². The number of rotatable bonds is 6. The minimum Gasteiger partial charge on any atom is -0.396 e. The monoisotopic (exact) mass is 277 g/mol. The zero-order valence-electron chi connectivity index (χ0n) is 11.9. The fraction of sp³-hybridized carbons (Fsp3) is 1.00. The number of nitrogens with zero attached hydrogens (tertiary/aromatic N) is 1. The molecule has 0 radical (unpaired) electrons. The molecule has 1 aliphatic heterocycles. The Hall–Kier alpha value is -0.130. The van der Waals surface area contributed by atoms with E-state index in [0.717, 1.165) is 25.7 Å². The first-order chi connectivity index (χ1) is 8.35. The quantitative estimate of drug-likeness (QED) is 0.806. The van der Waals surface area contributed by atoms with Gasteiger partial charge in [0.05, 0.1) is 5.75 Å². The van der Waals surface area contributed by atoms with Crippen LogP contribution in [0.4, 0.5) is 0 Å². The molecule has 1 fully saturated rings. The molecule has 4 nitrogen and oxygen atoms in total. The van der Waals surface area contributed by atoms with E-state index >= 15 is 0 Å². The van der Waals surface area contributed by atoms with Crippen LogP contribution in [0.3, 0.4) is 0 Å². The third-order valence-electron chi connectivity index (χ3n) is 4.22. The Kier molecular flexibility index (Phi) is 5.62. The van der Waals surface area contributed by atoms with Gasteiger partial charge in [0, 0.05) is 19.7 Å². The Bertz CT molecular complexity index is 337. The molecule has 0 bridgehead atoms. The molecule has 0 aliphatic carbocycles. The minimum atomic E-state index is -3.09. The first-order valence-electron chi connectivity index (χ1n) is 6.94. The van der Waals surface area contributed by atoms with Crippen molar-refractivity contribution >= 4 is 10.0 Å². The van der Waals surface area contributed by atoms with Crippen molar-refractivity contribution in [2.45, 2.75) is 46.5 Å². The van der Waals surface area contributed by atoms with Crippen molar-refractivity contribution < 1.29 is 13.5 Å². The molecule has 1 heterocycles. The fourth-order valence-corrected chi connectivity index (χ4v) is 4.14. The minimum absolute atomic E-state index is 0.0515. The summed E-state index contributed by atoms with van der Waals surface area (Å²) in [5.41, 5.74) is -0.0515. The van der Waals surface area contributed by atoms with Gasteiger partial charge in [-0.3, -0.25) is 0 Å². The normalized spacial score (nSPS) is 21.4. The van der Waals surface area contributed by atoms with E-state index < -0.39 is 10.0 Å². The zero-order valence-corrected chi connectivity index (χ0v) is 12.7. The molecule has 0 amide bonds. The van der Waals surface area contributed by atoms with Gasteiger partial charge < -0.3 is 5.11 Å². The second-order valence-corrected chi connectivity index (χ2v) is 8.00. The summed E-state index contributed by atoms with van der Waals surface area (Å²) in [4.78, 5) is 0. The van der Waals surface area contributed by atoms with Crippen LogP contribution in [0.1, 0.15) is 46.5 Å². The van der Waals surface area contributed by atoms with Gasteiger partial charge in [0.2, 0.25) is 10.0 Å². The number of piperidine rings is 1. The molecule has 0 aromatic rings. The number of aliphatic hydroxyl groups is 1. The van der Waals surface area contributed by atoms with Gasteiger partial charge >= 0.3 is 0 Å². The van der Waals surface area contributed by atoms with E-state index in [-0.39, 0.29) is 17.8 Å². The van der Waals surface area contributed by atoms with Crippen LogP contribution in [-0.2, 0) is 10.0 Å². The van der Waals surface area contributed by atoms with Crippen molar-refractivity contribution in [2.75, 3.05) is 25.4 Å². The molecule has 108 valence electrons. The van der Waals surface area contributed by atoms with Gasteiger partial charge in [0.1, 0.15) is 0 Å². The lowest BCUT2D eigenvalue weighted by Gasteiger charge is -2.39. The van der Waals surface area contributed by atoms with Crippen molar-refractivity contribution in [2.24, 2.45) is 11.3 Å². The van der Waals surface area contributed by atoms with Gasteiger partial charge in [-0.2, -0.15) is 0 Å². The highest BCUT2D eigenvalue weighted by atomic mass is 32.2. The zero-order chi connectivity index (χ0) is 13.8. The van der Waals surface area contributed by atoms with Crippen molar-refractivity contribution in [3.8, 4) is 0 Å². The van der Waals surface area contributed by atoms with E-state index in [9.17, 15) is 13.5 Å². The Morgan fingerprint density at radius 1 is 1.28 bits per heavy atom. The highest BCUT2D eigenvalue weighted by Gasteiger charge is 2.36. The Balaban J connectivity index is 2.56.